The molecule has 110 valence electrons. The van der Waals surface area contributed by atoms with Crippen molar-refractivity contribution in [1.82, 2.24) is 15.0 Å². The molecule has 0 saturated carbocycles. The molecule has 0 spiro atoms. The van der Waals surface area contributed by atoms with Gasteiger partial charge in [-0.1, -0.05) is 28.4 Å². The lowest BCUT2D eigenvalue weighted by Crippen LogP contribution is -2.44. The Bertz CT molecular complexity index is 648. The molecule has 1 atom stereocenters. The topological polar surface area (TPSA) is 68.5 Å². The van der Waals surface area contributed by atoms with Gasteiger partial charge in [-0.25, -0.2) is 0 Å². The summed E-state index contributed by atoms with van der Waals surface area (Å²) in [5.74, 6) is 0.168. The summed E-state index contributed by atoms with van der Waals surface area (Å²) in [5, 5.41) is 4.59. The summed E-state index contributed by atoms with van der Waals surface area (Å²) < 4.78 is 10.1. The van der Waals surface area contributed by atoms with E-state index in [1.807, 2.05) is 0 Å². The zero-order valence-electron chi connectivity index (χ0n) is 10.8. The van der Waals surface area contributed by atoms with E-state index in [9.17, 15) is 4.79 Å². The zero-order chi connectivity index (χ0) is 14.8. The zero-order valence-corrected chi connectivity index (χ0v) is 12.3. The molecule has 3 rings (SSSR count). The minimum absolute atomic E-state index is 0.236. The van der Waals surface area contributed by atoms with E-state index in [2.05, 4.69) is 10.1 Å². The maximum Gasteiger partial charge on any atom is 0.256 e. The molecule has 0 N–H and O–H groups in total. The first-order chi connectivity index (χ1) is 10.2. The summed E-state index contributed by atoms with van der Waals surface area (Å²) in [4.78, 5) is 18.3. The van der Waals surface area contributed by atoms with E-state index < -0.39 is 6.04 Å². The van der Waals surface area contributed by atoms with Crippen molar-refractivity contribution >= 4 is 29.1 Å². The second kappa shape index (κ2) is 6.01. The van der Waals surface area contributed by atoms with Gasteiger partial charge in [-0.15, -0.1) is 0 Å². The highest BCUT2D eigenvalue weighted by atomic mass is 35.5. The van der Waals surface area contributed by atoms with E-state index >= 15 is 0 Å². The van der Waals surface area contributed by atoms with Gasteiger partial charge in [0, 0.05) is 11.6 Å². The van der Waals surface area contributed by atoms with Gasteiger partial charge in [0.2, 0.25) is 6.39 Å². The Hall–Kier alpha value is -1.63. The van der Waals surface area contributed by atoms with Crippen LogP contribution in [0.15, 0.2) is 29.1 Å². The first-order valence-corrected chi connectivity index (χ1v) is 7.02. The highest BCUT2D eigenvalue weighted by Crippen LogP contribution is 2.27. The van der Waals surface area contributed by atoms with Crippen LogP contribution in [-0.2, 0) is 4.74 Å². The first kappa shape index (κ1) is 14.3. The van der Waals surface area contributed by atoms with Crippen LogP contribution in [0.2, 0.25) is 10.0 Å². The SMILES string of the molecule is O=C(c1cc(Cl)ccc1Cl)N1CCOC[C@@H]1c1ncon1. The quantitative estimate of drug-likeness (QED) is 0.848. The average molecular weight is 328 g/mol. The molecule has 8 heteroatoms. The standard InChI is InChI=1S/C13H11Cl2N3O3/c14-8-1-2-10(15)9(5-8)13(19)18-3-4-20-6-11(18)12-16-7-21-17-12/h1-2,5,7,11H,3-4,6H2/t11-/m1/s1. The highest BCUT2D eigenvalue weighted by molar-refractivity contribution is 6.35. The number of halogens is 2. The van der Waals surface area contributed by atoms with Crippen LogP contribution in [-0.4, -0.2) is 40.7 Å². The Morgan fingerprint density at radius 1 is 1.38 bits per heavy atom. The van der Waals surface area contributed by atoms with Gasteiger partial charge in [0.25, 0.3) is 5.91 Å². The van der Waals surface area contributed by atoms with E-state index in [-0.39, 0.29) is 5.91 Å². The molecule has 0 unspecified atom stereocenters. The fraction of sp³-hybridized carbons (Fsp3) is 0.308. The number of morpholine rings is 1. The normalized spacial score (nSPS) is 18.8. The van der Waals surface area contributed by atoms with E-state index in [0.717, 1.165) is 0 Å². The van der Waals surface area contributed by atoms with Crippen molar-refractivity contribution in [3.8, 4) is 0 Å². The fourth-order valence-electron chi connectivity index (χ4n) is 2.20. The molecule has 1 aromatic heterocycles. The van der Waals surface area contributed by atoms with Gasteiger partial charge in [-0.2, -0.15) is 4.98 Å². The lowest BCUT2D eigenvalue weighted by Gasteiger charge is -2.33. The Kier molecular flexibility index (Phi) is 4.10. The summed E-state index contributed by atoms with van der Waals surface area (Å²) >= 11 is 12.0. The summed E-state index contributed by atoms with van der Waals surface area (Å²) in [6, 6.07) is 4.38. The van der Waals surface area contributed by atoms with Crippen LogP contribution in [0.3, 0.4) is 0 Å². The lowest BCUT2D eigenvalue weighted by atomic mass is 10.1. The van der Waals surface area contributed by atoms with Gasteiger partial charge in [-0.3, -0.25) is 4.79 Å². The number of rotatable bonds is 2. The highest BCUT2D eigenvalue weighted by Gasteiger charge is 2.33. The van der Waals surface area contributed by atoms with E-state index in [1.165, 1.54) is 6.39 Å². The monoisotopic (exact) mass is 327 g/mol. The maximum absolute atomic E-state index is 12.7. The fourth-order valence-corrected chi connectivity index (χ4v) is 2.57. The number of amides is 1. The Morgan fingerprint density at radius 2 is 2.24 bits per heavy atom. The molecule has 6 nitrogen and oxygen atoms in total. The van der Waals surface area contributed by atoms with Crippen LogP contribution in [0.25, 0.3) is 0 Å². The third-order valence-corrected chi connectivity index (χ3v) is 3.79. The minimum Gasteiger partial charge on any atom is -0.377 e. The number of ether oxygens (including phenoxy) is 1. The molecule has 21 heavy (non-hydrogen) atoms. The third-order valence-electron chi connectivity index (χ3n) is 3.22. The number of carbonyl (C=O) groups excluding carboxylic acids is 1. The summed E-state index contributed by atoms with van der Waals surface area (Å²) in [6.07, 6.45) is 1.22. The van der Waals surface area contributed by atoms with Crippen LogP contribution in [0, 0.1) is 0 Å². The number of hydrogen-bond donors (Lipinski definition) is 0. The van der Waals surface area contributed by atoms with Gasteiger partial charge < -0.3 is 14.2 Å². The summed E-state index contributed by atoms with van der Waals surface area (Å²) in [7, 11) is 0. The second-order valence-corrected chi connectivity index (χ2v) is 5.35. The van der Waals surface area contributed by atoms with Gasteiger partial charge in [0.1, 0.15) is 6.04 Å². The number of hydrogen-bond acceptors (Lipinski definition) is 5. The predicted molar refractivity (Wildman–Crippen MR) is 75.4 cm³/mol. The van der Waals surface area contributed by atoms with E-state index in [4.69, 9.17) is 32.5 Å². The van der Waals surface area contributed by atoms with Crippen molar-refractivity contribution < 1.29 is 14.1 Å². The molecule has 1 aliphatic rings. The van der Waals surface area contributed by atoms with E-state index in [0.29, 0.717) is 41.2 Å². The van der Waals surface area contributed by atoms with Crippen molar-refractivity contribution in [1.29, 1.82) is 0 Å². The van der Waals surface area contributed by atoms with Gasteiger partial charge >= 0.3 is 0 Å². The van der Waals surface area contributed by atoms with Crippen LogP contribution in [0.4, 0.5) is 0 Å². The number of carbonyl (C=O) groups is 1. The maximum atomic E-state index is 12.7. The molecule has 1 aliphatic heterocycles. The number of nitrogens with zero attached hydrogens (tertiary/aromatic N) is 3. The molecule has 1 amide bonds. The molecule has 0 bridgehead atoms. The van der Waals surface area contributed by atoms with Crippen LogP contribution in [0.5, 0.6) is 0 Å². The smallest absolute Gasteiger partial charge is 0.256 e. The average Bonchev–Trinajstić information content (AvgIpc) is 3.03. The predicted octanol–water partition coefficient (Wildman–Crippen LogP) is 2.59. The Morgan fingerprint density at radius 3 is 3.00 bits per heavy atom. The molecule has 2 heterocycles. The van der Waals surface area contributed by atoms with Crippen molar-refractivity contribution in [2.45, 2.75) is 6.04 Å². The molecule has 0 aliphatic carbocycles. The Labute approximate surface area is 130 Å². The molecule has 1 aromatic carbocycles. The lowest BCUT2D eigenvalue weighted by molar-refractivity contribution is -0.00576. The summed E-state index contributed by atoms with van der Waals surface area (Å²) in [6.45, 7) is 1.17. The van der Waals surface area contributed by atoms with Crippen molar-refractivity contribution in [3.05, 3.63) is 46.0 Å². The summed E-state index contributed by atoms with van der Waals surface area (Å²) in [5.41, 5.74) is 0.347. The number of benzene rings is 1. The third kappa shape index (κ3) is 2.88. The molecule has 2 aromatic rings. The molecule has 1 fully saturated rings. The molecule has 0 radical (unpaired) electrons. The molecular weight excluding hydrogens is 317 g/mol. The number of aromatic nitrogens is 2. The van der Waals surface area contributed by atoms with Crippen molar-refractivity contribution in [2.75, 3.05) is 19.8 Å². The van der Waals surface area contributed by atoms with Gasteiger partial charge in [-0.05, 0) is 18.2 Å². The molecule has 1 saturated heterocycles. The van der Waals surface area contributed by atoms with Crippen molar-refractivity contribution in [3.63, 3.8) is 0 Å². The van der Waals surface area contributed by atoms with E-state index in [1.54, 1.807) is 23.1 Å². The van der Waals surface area contributed by atoms with Crippen LogP contribution in [0.1, 0.15) is 22.2 Å². The Balaban J connectivity index is 1.93. The second-order valence-electron chi connectivity index (χ2n) is 4.50. The van der Waals surface area contributed by atoms with Crippen molar-refractivity contribution in [2.24, 2.45) is 0 Å². The van der Waals surface area contributed by atoms with Crippen LogP contribution < -0.4 is 0 Å². The minimum atomic E-state index is -0.403. The molecular formula is C13H11Cl2N3O3. The van der Waals surface area contributed by atoms with Gasteiger partial charge in [0.05, 0.1) is 23.8 Å². The first-order valence-electron chi connectivity index (χ1n) is 6.27. The van der Waals surface area contributed by atoms with Gasteiger partial charge in [0.15, 0.2) is 5.82 Å². The van der Waals surface area contributed by atoms with Crippen LogP contribution >= 0.6 is 23.2 Å². The largest absolute Gasteiger partial charge is 0.377 e.